The summed E-state index contributed by atoms with van der Waals surface area (Å²) in [6.07, 6.45) is 6.47. The molecule has 0 saturated heterocycles. The van der Waals surface area contributed by atoms with Gasteiger partial charge in [0.15, 0.2) is 0 Å². The zero-order valence-electron chi connectivity index (χ0n) is 10.9. The maximum absolute atomic E-state index is 4.38. The molecule has 1 aromatic carbocycles. The number of aromatic nitrogens is 2. The summed E-state index contributed by atoms with van der Waals surface area (Å²) in [5.41, 5.74) is 2.47. The summed E-state index contributed by atoms with van der Waals surface area (Å²) in [6, 6.07) is 9.27. The minimum atomic E-state index is 0.576. The van der Waals surface area contributed by atoms with Crippen molar-refractivity contribution < 1.29 is 0 Å². The zero-order chi connectivity index (χ0) is 12.5. The van der Waals surface area contributed by atoms with Crippen molar-refractivity contribution in [3.05, 3.63) is 42.2 Å². The molecule has 1 aromatic heterocycles. The van der Waals surface area contributed by atoms with Crippen molar-refractivity contribution in [3.8, 4) is 0 Å². The van der Waals surface area contributed by atoms with E-state index in [9.17, 15) is 0 Å². The first kappa shape index (κ1) is 11.3. The number of hydrogen-bond acceptors (Lipinski definition) is 2. The number of rotatable bonds is 4. The van der Waals surface area contributed by atoms with Crippen LogP contribution >= 0.6 is 0 Å². The molecule has 1 fully saturated rings. The predicted octanol–water partition coefficient (Wildman–Crippen LogP) is 4.09. The first-order valence-electron chi connectivity index (χ1n) is 6.64. The molecule has 1 aliphatic carbocycles. The van der Waals surface area contributed by atoms with E-state index in [-0.39, 0.29) is 0 Å². The lowest BCUT2D eigenvalue weighted by atomic mass is 10.0. The van der Waals surface area contributed by atoms with Crippen LogP contribution in [0.2, 0.25) is 0 Å². The second kappa shape index (κ2) is 4.48. The smallest absolute Gasteiger partial charge is 0.207 e. The lowest BCUT2D eigenvalue weighted by molar-refractivity contribution is 0.751. The SMILES string of the molecule is CC(C)c1ccc(Nc2nccn2C2CC2)cc1. The molecule has 0 bridgehead atoms. The van der Waals surface area contributed by atoms with E-state index in [4.69, 9.17) is 0 Å². The van der Waals surface area contributed by atoms with Crippen LogP contribution in [0.4, 0.5) is 11.6 Å². The normalized spacial score (nSPS) is 15.1. The molecular weight excluding hydrogens is 222 g/mol. The van der Waals surface area contributed by atoms with Crippen molar-refractivity contribution in [2.45, 2.75) is 38.6 Å². The Labute approximate surface area is 108 Å². The second-order valence-electron chi connectivity index (χ2n) is 5.29. The molecule has 1 saturated carbocycles. The highest BCUT2D eigenvalue weighted by atomic mass is 15.2. The van der Waals surface area contributed by atoms with Crippen LogP contribution in [-0.4, -0.2) is 9.55 Å². The van der Waals surface area contributed by atoms with E-state index in [1.54, 1.807) is 0 Å². The summed E-state index contributed by atoms with van der Waals surface area (Å²) in [7, 11) is 0. The number of hydrogen-bond donors (Lipinski definition) is 1. The van der Waals surface area contributed by atoms with Gasteiger partial charge >= 0.3 is 0 Å². The first-order valence-corrected chi connectivity index (χ1v) is 6.64. The Morgan fingerprint density at radius 1 is 1.22 bits per heavy atom. The van der Waals surface area contributed by atoms with E-state index < -0.39 is 0 Å². The zero-order valence-corrected chi connectivity index (χ0v) is 10.9. The first-order chi connectivity index (χ1) is 8.74. The van der Waals surface area contributed by atoms with Crippen LogP contribution in [0.1, 0.15) is 44.2 Å². The van der Waals surface area contributed by atoms with Crippen LogP contribution in [0, 0.1) is 0 Å². The van der Waals surface area contributed by atoms with Crippen molar-refractivity contribution in [2.24, 2.45) is 0 Å². The molecule has 2 aromatic rings. The van der Waals surface area contributed by atoms with Gasteiger partial charge in [-0.3, -0.25) is 0 Å². The Morgan fingerprint density at radius 3 is 2.56 bits per heavy atom. The van der Waals surface area contributed by atoms with Gasteiger partial charge in [0.2, 0.25) is 5.95 Å². The van der Waals surface area contributed by atoms with E-state index >= 15 is 0 Å². The largest absolute Gasteiger partial charge is 0.326 e. The highest BCUT2D eigenvalue weighted by Gasteiger charge is 2.25. The number of anilines is 2. The van der Waals surface area contributed by atoms with E-state index in [2.05, 4.69) is 59.2 Å². The molecule has 94 valence electrons. The lowest BCUT2D eigenvalue weighted by Crippen LogP contribution is -2.01. The minimum absolute atomic E-state index is 0.576. The van der Waals surface area contributed by atoms with Crippen LogP contribution < -0.4 is 5.32 Å². The van der Waals surface area contributed by atoms with Crippen LogP contribution in [0.5, 0.6) is 0 Å². The Kier molecular flexibility index (Phi) is 2.82. The van der Waals surface area contributed by atoms with E-state index in [0.29, 0.717) is 12.0 Å². The molecule has 0 aliphatic heterocycles. The quantitative estimate of drug-likeness (QED) is 0.874. The van der Waals surface area contributed by atoms with Gasteiger partial charge in [0.25, 0.3) is 0 Å². The highest BCUT2D eigenvalue weighted by Crippen LogP contribution is 2.37. The number of nitrogens with one attached hydrogen (secondary N) is 1. The number of nitrogens with zero attached hydrogens (tertiary/aromatic N) is 2. The molecule has 0 amide bonds. The lowest BCUT2D eigenvalue weighted by Gasteiger charge is -2.10. The highest BCUT2D eigenvalue weighted by molar-refractivity contribution is 5.54. The van der Waals surface area contributed by atoms with Gasteiger partial charge in [0.1, 0.15) is 0 Å². The van der Waals surface area contributed by atoms with Gasteiger partial charge in [0, 0.05) is 24.1 Å². The summed E-state index contributed by atoms with van der Waals surface area (Å²) >= 11 is 0. The molecule has 3 rings (SSSR count). The molecule has 1 heterocycles. The number of imidazole rings is 1. The van der Waals surface area contributed by atoms with Crippen molar-refractivity contribution in [3.63, 3.8) is 0 Å². The third-order valence-electron chi connectivity index (χ3n) is 3.44. The Bertz CT molecular complexity index is 521. The van der Waals surface area contributed by atoms with Gasteiger partial charge in [0.05, 0.1) is 0 Å². The maximum atomic E-state index is 4.38. The summed E-state index contributed by atoms with van der Waals surface area (Å²) in [5.74, 6) is 1.53. The molecule has 1 N–H and O–H groups in total. The molecule has 0 radical (unpaired) electrons. The molecule has 3 nitrogen and oxygen atoms in total. The van der Waals surface area contributed by atoms with Gasteiger partial charge in [-0.2, -0.15) is 0 Å². The molecule has 1 aliphatic rings. The van der Waals surface area contributed by atoms with Gasteiger partial charge in [-0.05, 0) is 36.5 Å². The van der Waals surface area contributed by atoms with Gasteiger partial charge < -0.3 is 9.88 Å². The molecule has 3 heteroatoms. The fourth-order valence-electron chi connectivity index (χ4n) is 2.14. The standard InChI is InChI=1S/C15H19N3/c1-11(2)12-3-5-13(6-4-12)17-15-16-9-10-18(15)14-7-8-14/h3-6,9-11,14H,7-8H2,1-2H3,(H,16,17). The van der Waals surface area contributed by atoms with Gasteiger partial charge in [-0.15, -0.1) is 0 Å². The number of benzene rings is 1. The van der Waals surface area contributed by atoms with Crippen LogP contribution in [0.25, 0.3) is 0 Å². The van der Waals surface area contributed by atoms with E-state index in [1.807, 2.05) is 6.20 Å². The topological polar surface area (TPSA) is 29.9 Å². The van der Waals surface area contributed by atoms with Crippen molar-refractivity contribution in [1.82, 2.24) is 9.55 Å². The van der Waals surface area contributed by atoms with Crippen LogP contribution in [0.3, 0.4) is 0 Å². The van der Waals surface area contributed by atoms with Gasteiger partial charge in [-0.25, -0.2) is 4.98 Å². The summed E-state index contributed by atoms with van der Waals surface area (Å²) in [6.45, 7) is 4.42. The minimum Gasteiger partial charge on any atom is -0.326 e. The summed E-state index contributed by atoms with van der Waals surface area (Å²) in [5, 5.41) is 3.39. The van der Waals surface area contributed by atoms with Crippen molar-refractivity contribution in [1.29, 1.82) is 0 Å². The van der Waals surface area contributed by atoms with E-state index in [0.717, 1.165) is 11.6 Å². The molecule has 0 atom stereocenters. The maximum Gasteiger partial charge on any atom is 0.207 e. The third-order valence-corrected chi connectivity index (χ3v) is 3.44. The summed E-state index contributed by atoms with van der Waals surface area (Å²) < 4.78 is 2.23. The third kappa shape index (κ3) is 2.26. The average molecular weight is 241 g/mol. The van der Waals surface area contributed by atoms with Crippen molar-refractivity contribution >= 4 is 11.6 Å². The molecule has 0 spiro atoms. The molecular formula is C15H19N3. The predicted molar refractivity (Wildman–Crippen MR) is 74.3 cm³/mol. The van der Waals surface area contributed by atoms with Crippen molar-refractivity contribution in [2.75, 3.05) is 5.32 Å². The van der Waals surface area contributed by atoms with Crippen LogP contribution in [-0.2, 0) is 0 Å². The summed E-state index contributed by atoms with van der Waals surface area (Å²) in [4.78, 5) is 4.38. The van der Waals surface area contributed by atoms with E-state index in [1.165, 1.54) is 18.4 Å². The fraction of sp³-hybridized carbons (Fsp3) is 0.400. The Hall–Kier alpha value is -1.77. The van der Waals surface area contributed by atoms with Crippen LogP contribution in [0.15, 0.2) is 36.7 Å². The Balaban J connectivity index is 1.77. The second-order valence-corrected chi connectivity index (χ2v) is 5.29. The monoisotopic (exact) mass is 241 g/mol. The molecule has 0 unspecified atom stereocenters. The molecule has 18 heavy (non-hydrogen) atoms. The average Bonchev–Trinajstić information content (AvgIpc) is 3.11. The Morgan fingerprint density at radius 2 is 1.94 bits per heavy atom. The van der Waals surface area contributed by atoms with Gasteiger partial charge in [-0.1, -0.05) is 26.0 Å². The fourth-order valence-corrected chi connectivity index (χ4v) is 2.14.